The van der Waals surface area contributed by atoms with Crippen molar-refractivity contribution in [1.29, 1.82) is 5.26 Å². The van der Waals surface area contributed by atoms with Crippen LogP contribution >= 0.6 is 11.6 Å². The number of aliphatic carboxylic acids is 1. The van der Waals surface area contributed by atoms with Gasteiger partial charge in [0, 0.05) is 27.7 Å². The number of benzene rings is 2. The van der Waals surface area contributed by atoms with Crippen molar-refractivity contribution in [2.75, 3.05) is 0 Å². The van der Waals surface area contributed by atoms with E-state index in [1.807, 2.05) is 6.07 Å². The molecule has 0 aliphatic heterocycles. The van der Waals surface area contributed by atoms with Crippen molar-refractivity contribution in [3.63, 3.8) is 0 Å². The molecule has 1 aromatic heterocycles. The molecule has 3 rings (SSSR count). The van der Waals surface area contributed by atoms with Crippen molar-refractivity contribution in [1.82, 2.24) is 4.57 Å². The standard InChI is InChI=1S/C17H10ClFN2O2/c18-14-8-12(19)2-3-13(14)16(17(22)23)21-6-5-11-7-10(9-20)1-4-15(11)21/h1-8,16H,(H,22,23). The fourth-order valence-corrected chi connectivity index (χ4v) is 2.85. The predicted molar refractivity (Wildman–Crippen MR) is 83.8 cm³/mol. The molecule has 0 aliphatic carbocycles. The number of carboxylic acid groups (broad SMARTS) is 1. The van der Waals surface area contributed by atoms with Crippen molar-refractivity contribution >= 4 is 28.5 Å². The molecule has 3 aromatic rings. The number of carbonyl (C=O) groups is 1. The van der Waals surface area contributed by atoms with Gasteiger partial charge in [-0.1, -0.05) is 17.7 Å². The summed E-state index contributed by atoms with van der Waals surface area (Å²) in [6.45, 7) is 0. The molecule has 0 saturated heterocycles. The zero-order valence-corrected chi connectivity index (χ0v) is 12.5. The van der Waals surface area contributed by atoms with Crippen LogP contribution in [0.15, 0.2) is 48.7 Å². The Bertz CT molecular complexity index is 959. The van der Waals surface area contributed by atoms with Crippen LogP contribution in [0.3, 0.4) is 0 Å². The monoisotopic (exact) mass is 328 g/mol. The van der Waals surface area contributed by atoms with E-state index in [9.17, 15) is 14.3 Å². The molecule has 0 radical (unpaired) electrons. The highest BCUT2D eigenvalue weighted by Gasteiger charge is 2.25. The average molecular weight is 329 g/mol. The summed E-state index contributed by atoms with van der Waals surface area (Å²) >= 11 is 6.02. The van der Waals surface area contributed by atoms with Crippen LogP contribution in [0.2, 0.25) is 5.02 Å². The largest absolute Gasteiger partial charge is 0.479 e. The number of hydrogen-bond donors (Lipinski definition) is 1. The Morgan fingerprint density at radius 1 is 1.26 bits per heavy atom. The number of halogens is 2. The maximum atomic E-state index is 13.2. The number of nitrogens with zero attached hydrogens (tertiary/aromatic N) is 2. The maximum absolute atomic E-state index is 13.2. The molecule has 0 bridgehead atoms. The highest BCUT2D eigenvalue weighted by Crippen LogP contribution is 2.31. The Labute approximate surface area is 136 Å². The van der Waals surface area contributed by atoms with E-state index < -0.39 is 17.8 Å². The molecule has 23 heavy (non-hydrogen) atoms. The first kappa shape index (κ1) is 15.1. The first-order chi connectivity index (χ1) is 11.0. The zero-order chi connectivity index (χ0) is 16.6. The topological polar surface area (TPSA) is 66.0 Å². The van der Waals surface area contributed by atoms with Crippen LogP contribution in [-0.2, 0) is 4.79 Å². The van der Waals surface area contributed by atoms with E-state index in [2.05, 4.69) is 0 Å². The fraction of sp³-hybridized carbons (Fsp3) is 0.0588. The number of aromatic nitrogens is 1. The van der Waals surface area contributed by atoms with Gasteiger partial charge in [-0.05, 0) is 36.4 Å². The van der Waals surface area contributed by atoms with Gasteiger partial charge in [0.1, 0.15) is 5.82 Å². The van der Waals surface area contributed by atoms with Crippen LogP contribution in [-0.4, -0.2) is 15.6 Å². The number of fused-ring (bicyclic) bond motifs is 1. The molecule has 1 heterocycles. The molecular weight excluding hydrogens is 319 g/mol. The molecule has 4 nitrogen and oxygen atoms in total. The summed E-state index contributed by atoms with van der Waals surface area (Å²) in [6, 6.07) is 11.3. The lowest BCUT2D eigenvalue weighted by atomic mass is 10.1. The van der Waals surface area contributed by atoms with E-state index in [1.165, 1.54) is 16.7 Å². The number of nitriles is 1. The molecule has 6 heteroatoms. The third-order valence-corrected chi connectivity index (χ3v) is 3.95. The second-order valence-electron chi connectivity index (χ2n) is 5.02. The first-order valence-electron chi connectivity index (χ1n) is 6.69. The van der Waals surface area contributed by atoms with Crippen molar-refractivity contribution in [3.8, 4) is 6.07 Å². The highest BCUT2D eigenvalue weighted by molar-refractivity contribution is 6.31. The van der Waals surface area contributed by atoms with Crippen molar-refractivity contribution in [2.45, 2.75) is 6.04 Å². The lowest BCUT2D eigenvalue weighted by molar-refractivity contribution is -0.139. The predicted octanol–water partition coefficient (Wildman–Crippen LogP) is 3.98. The summed E-state index contributed by atoms with van der Waals surface area (Å²) in [7, 11) is 0. The molecular formula is C17H10ClFN2O2. The molecule has 1 atom stereocenters. The van der Waals surface area contributed by atoms with E-state index in [-0.39, 0.29) is 5.02 Å². The van der Waals surface area contributed by atoms with E-state index >= 15 is 0 Å². The Morgan fingerprint density at radius 2 is 2.04 bits per heavy atom. The summed E-state index contributed by atoms with van der Waals surface area (Å²) in [6.07, 6.45) is 1.62. The third-order valence-electron chi connectivity index (χ3n) is 3.62. The smallest absolute Gasteiger partial charge is 0.331 e. The number of carboxylic acids is 1. The van der Waals surface area contributed by atoms with Gasteiger partial charge in [0.05, 0.1) is 11.6 Å². The second kappa shape index (κ2) is 5.75. The Kier molecular flexibility index (Phi) is 3.77. The molecule has 114 valence electrons. The molecule has 1 unspecified atom stereocenters. The lowest BCUT2D eigenvalue weighted by Crippen LogP contribution is -2.20. The van der Waals surface area contributed by atoms with Crippen LogP contribution < -0.4 is 0 Å². The van der Waals surface area contributed by atoms with Gasteiger partial charge in [0.2, 0.25) is 0 Å². The normalized spacial score (nSPS) is 12.0. The van der Waals surface area contributed by atoms with E-state index in [4.69, 9.17) is 16.9 Å². The number of hydrogen-bond acceptors (Lipinski definition) is 2. The molecule has 0 spiro atoms. The first-order valence-corrected chi connectivity index (χ1v) is 7.07. The summed E-state index contributed by atoms with van der Waals surface area (Å²) in [5.41, 5.74) is 1.43. The van der Waals surface area contributed by atoms with Crippen LogP contribution in [0, 0.1) is 17.1 Å². The van der Waals surface area contributed by atoms with E-state index in [0.29, 0.717) is 16.6 Å². The van der Waals surface area contributed by atoms with E-state index in [1.54, 1.807) is 30.5 Å². The van der Waals surface area contributed by atoms with Crippen molar-refractivity contribution in [2.24, 2.45) is 0 Å². The lowest BCUT2D eigenvalue weighted by Gasteiger charge is -2.17. The van der Waals surface area contributed by atoms with Gasteiger partial charge in [-0.25, -0.2) is 9.18 Å². The molecule has 2 aromatic carbocycles. The summed E-state index contributed by atoms with van der Waals surface area (Å²) in [5.74, 6) is -1.64. The van der Waals surface area contributed by atoms with Gasteiger partial charge in [-0.3, -0.25) is 0 Å². The summed E-state index contributed by atoms with van der Waals surface area (Å²) in [4.78, 5) is 11.8. The Morgan fingerprint density at radius 3 is 2.70 bits per heavy atom. The van der Waals surface area contributed by atoms with Gasteiger partial charge >= 0.3 is 5.97 Å². The number of rotatable bonds is 3. The zero-order valence-electron chi connectivity index (χ0n) is 11.7. The molecule has 1 N–H and O–H groups in total. The Hall–Kier alpha value is -2.84. The molecule has 0 saturated carbocycles. The van der Waals surface area contributed by atoms with Crippen LogP contribution in [0.1, 0.15) is 17.2 Å². The van der Waals surface area contributed by atoms with Gasteiger partial charge < -0.3 is 9.67 Å². The third kappa shape index (κ3) is 2.65. The van der Waals surface area contributed by atoms with Crippen LogP contribution in [0.25, 0.3) is 10.9 Å². The van der Waals surface area contributed by atoms with Gasteiger partial charge in [-0.2, -0.15) is 5.26 Å². The minimum Gasteiger partial charge on any atom is -0.479 e. The van der Waals surface area contributed by atoms with Gasteiger partial charge in [0.25, 0.3) is 0 Å². The highest BCUT2D eigenvalue weighted by atomic mass is 35.5. The summed E-state index contributed by atoms with van der Waals surface area (Å²) < 4.78 is 14.8. The average Bonchev–Trinajstić information content (AvgIpc) is 2.92. The minimum absolute atomic E-state index is 0.0490. The minimum atomic E-state index is -1.11. The fourth-order valence-electron chi connectivity index (χ4n) is 2.58. The Balaban J connectivity index is 2.20. The molecule has 0 fully saturated rings. The van der Waals surface area contributed by atoms with E-state index in [0.717, 1.165) is 11.5 Å². The maximum Gasteiger partial charge on any atom is 0.331 e. The van der Waals surface area contributed by atoms with Gasteiger partial charge in [-0.15, -0.1) is 0 Å². The van der Waals surface area contributed by atoms with Crippen molar-refractivity contribution < 1.29 is 14.3 Å². The van der Waals surface area contributed by atoms with Gasteiger partial charge in [0.15, 0.2) is 6.04 Å². The quantitative estimate of drug-likeness (QED) is 0.790. The second-order valence-corrected chi connectivity index (χ2v) is 5.42. The SMILES string of the molecule is N#Cc1ccc2c(ccn2C(C(=O)O)c2ccc(F)cc2Cl)c1. The molecule has 0 aliphatic rings. The van der Waals surface area contributed by atoms with Crippen LogP contribution in [0.4, 0.5) is 4.39 Å². The molecule has 0 amide bonds. The summed E-state index contributed by atoms with van der Waals surface area (Å²) in [5, 5.41) is 19.4. The van der Waals surface area contributed by atoms with Crippen molar-refractivity contribution in [3.05, 3.63) is 70.6 Å². The van der Waals surface area contributed by atoms with Crippen LogP contribution in [0.5, 0.6) is 0 Å².